The van der Waals surface area contributed by atoms with E-state index in [1.807, 2.05) is 0 Å². The molecule has 0 saturated carbocycles. The van der Waals surface area contributed by atoms with Crippen molar-refractivity contribution in [3.63, 3.8) is 0 Å². The molecule has 0 nitrogen and oxygen atoms in total. The Morgan fingerprint density at radius 1 is 1.54 bits per heavy atom. The zero-order valence-corrected chi connectivity index (χ0v) is 10.4. The summed E-state index contributed by atoms with van der Waals surface area (Å²) in [5, 5.41) is 1.30. The minimum absolute atomic E-state index is 0.458. The molecule has 0 radical (unpaired) electrons. The Morgan fingerprint density at radius 3 is 2.92 bits per heavy atom. The SMILES string of the molecule is CCC1=[C]([Ru][CH2]C=C(C)C)CC=C1. The van der Waals surface area contributed by atoms with Gasteiger partial charge in [0, 0.05) is 0 Å². The summed E-state index contributed by atoms with van der Waals surface area (Å²) < 4.78 is 1.74. The second-order valence-electron chi connectivity index (χ2n) is 3.43. The fourth-order valence-corrected chi connectivity index (χ4v) is 3.84. The molecule has 0 saturated heterocycles. The molecule has 1 rings (SSSR count). The van der Waals surface area contributed by atoms with E-state index in [2.05, 4.69) is 39.0 Å². The van der Waals surface area contributed by atoms with Crippen molar-refractivity contribution in [3.8, 4) is 0 Å². The second kappa shape index (κ2) is 5.55. The Hall–Kier alpha value is -0.157. The second-order valence-corrected chi connectivity index (χ2v) is 5.80. The van der Waals surface area contributed by atoms with Crippen molar-refractivity contribution in [1.29, 1.82) is 0 Å². The number of hydrogen-bond acceptors (Lipinski definition) is 0. The predicted molar refractivity (Wildman–Crippen MR) is 55.3 cm³/mol. The number of rotatable bonds is 4. The molecule has 0 aromatic rings. The summed E-state index contributed by atoms with van der Waals surface area (Å²) in [6.07, 6.45) is 9.45. The van der Waals surface area contributed by atoms with Gasteiger partial charge in [0.15, 0.2) is 0 Å². The third-order valence-corrected chi connectivity index (χ3v) is 4.40. The monoisotopic (exact) mass is 264 g/mol. The molecule has 0 amide bonds. The fraction of sp³-hybridized carbons (Fsp3) is 0.500. The molecule has 1 heteroatoms. The third-order valence-electron chi connectivity index (χ3n) is 2.04. The first-order valence-corrected chi connectivity index (χ1v) is 6.92. The summed E-state index contributed by atoms with van der Waals surface area (Å²) in [6.45, 7) is 6.62. The van der Waals surface area contributed by atoms with Gasteiger partial charge in [0.25, 0.3) is 0 Å². The van der Waals surface area contributed by atoms with Gasteiger partial charge in [0.05, 0.1) is 0 Å². The Morgan fingerprint density at radius 2 is 2.31 bits per heavy atom. The average Bonchev–Trinajstić information content (AvgIpc) is 2.51. The molecule has 0 N–H and O–H groups in total. The molecule has 0 atom stereocenters. The number of allylic oxidation sites excluding steroid dienone is 6. The molecule has 0 aromatic carbocycles. The molecule has 0 unspecified atom stereocenters. The van der Waals surface area contributed by atoms with Crippen LogP contribution in [-0.2, 0) is 17.1 Å². The summed E-state index contributed by atoms with van der Waals surface area (Å²) in [5.41, 5.74) is 3.07. The Kier molecular flexibility index (Phi) is 4.66. The van der Waals surface area contributed by atoms with E-state index in [9.17, 15) is 0 Å². The fourth-order valence-electron chi connectivity index (χ4n) is 1.23. The number of hydrogen-bond donors (Lipinski definition) is 0. The summed E-state index contributed by atoms with van der Waals surface area (Å²) in [7, 11) is 0. The van der Waals surface area contributed by atoms with Crippen LogP contribution < -0.4 is 0 Å². The van der Waals surface area contributed by atoms with Gasteiger partial charge < -0.3 is 0 Å². The van der Waals surface area contributed by atoms with Crippen molar-refractivity contribution >= 4 is 0 Å². The molecule has 1 aliphatic rings. The summed E-state index contributed by atoms with van der Waals surface area (Å²) in [6, 6.07) is 0. The van der Waals surface area contributed by atoms with Gasteiger partial charge in [-0.05, 0) is 0 Å². The third kappa shape index (κ3) is 3.60. The molecule has 0 fully saturated rings. The summed E-state index contributed by atoms with van der Waals surface area (Å²) in [4.78, 5) is 0. The van der Waals surface area contributed by atoms with Crippen molar-refractivity contribution in [2.24, 2.45) is 0 Å². The van der Waals surface area contributed by atoms with E-state index in [-0.39, 0.29) is 0 Å². The van der Waals surface area contributed by atoms with Crippen molar-refractivity contribution in [1.82, 2.24) is 0 Å². The van der Waals surface area contributed by atoms with Crippen LogP contribution in [0.4, 0.5) is 0 Å². The van der Waals surface area contributed by atoms with Gasteiger partial charge in [-0.3, -0.25) is 0 Å². The van der Waals surface area contributed by atoms with Gasteiger partial charge in [-0.25, -0.2) is 0 Å². The molecule has 0 spiro atoms. The average molecular weight is 263 g/mol. The normalized spacial score (nSPS) is 15.6. The molecule has 74 valence electrons. The van der Waals surface area contributed by atoms with Crippen LogP contribution in [0.2, 0.25) is 5.02 Å². The molecular formula is C12H18Ru. The first kappa shape index (κ1) is 10.9. The van der Waals surface area contributed by atoms with Crippen molar-refractivity contribution in [3.05, 3.63) is 33.5 Å². The van der Waals surface area contributed by atoms with Gasteiger partial charge in [-0.2, -0.15) is 0 Å². The molecular weight excluding hydrogens is 245 g/mol. The predicted octanol–water partition coefficient (Wildman–Crippen LogP) is 4.08. The van der Waals surface area contributed by atoms with E-state index in [4.69, 9.17) is 0 Å². The van der Waals surface area contributed by atoms with Crippen LogP contribution in [-0.4, -0.2) is 0 Å². The van der Waals surface area contributed by atoms with Crippen molar-refractivity contribution in [2.45, 2.75) is 38.6 Å². The van der Waals surface area contributed by atoms with Gasteiger partial charge in [0.2, 0.25) is 0 Å². The molecule has 0 bridgehead atoms. The molecule has 13 heavy (non-hydrogen) atoms. The van der Waals surface area contributed by atoms with Crippen LogP contribution in [0.25, 0.3) is 0 Å². The van der Waals surface area contributed by atoms with E-state index >= 15 is 0 Å². The first-order chi connectivity index (χ1) is 6.24. The van der Waals surface area contributed by atoms with E-state index in [0.717, 1.165) is 0 Å². The quantitative estimate of drug-likeness (QED) is 0.529. The van der Waals surface area contributed by atoms with Crippen LogP contribution in [0.15, 0.2) is 33.5 Å². The van der Waals surface area contributed by atoms with Gasteiger partial charge in [0.1, 0.15) is 0 Å². The van der Waals surface area contributed by atoms with E-state index in [1.54, 1.807) is 9.74 Å². The maximum atomic E-state index is 2.37. The molecule has 1 aliphatic carbocycles. The Bertz CT molecular complexity index is 252. The zero-order valence-electron chi connectivity index (χ0n) is 8.71. The van der Waals surface area contributed by atoms with Gasteiger partial charge in [-0.1, -0.05) is 0 Å². The van der Waals surface area contributed by atoms with Crippen molar-refractivity contribution < 1.29 is 17.1 Å². The maximum absolute atomic E-state index is 2.37. The van der Waals surface area contributed by atoms with Gasteiger partial charge >= 0.3 is 89.3 Å². The Labute approximate surface area is 89.4 Å². The summed E-state index contributed by atoms with van der Waals surface area (Å²) >= 11 is 0.458. The minimum atomic E-state index is 0.458. The van der Waals surface area contributed by atoms with E-state index < -0.39 is 0 Å². The van der Waals surface area contributed by atoms with E-state index in [0.29, 0.717) is 17.1 Å². The summed E-state index contributed by atoms with van der Waals surface area (Å²) in [5.74, 6) is 0. The standard InChI is InChI=1S/C7H9.C5H9.Ru/c1-2-7-5-3-4-6-7;1-4-5(2)3;/h3,5H,2,4H2,1H3;4H,1H2,2-3H3;. The Balaban J connectivity index is 2.42. The van der Waals surface area contributed by atoms with Crippen LogP contribution in [0, 0.1) is 0 Å². The van der Waals surface area contributed by atoms with Gasteiger partial charge in [-0.15, -0.1) is 0 Å². The van der Waals surface area contributed by atoms with Crippen LogP contribution in [0.5, 0.6) is 0 Å². The first-order valence-electron chi connectivity index (χ1n) is 4.82. The topological polar surface area (TPSA) is 0 Å². The van der Waals surface area contributed by atoms with E-state index in [1.165, 1.54) is 23.4 Å². The zero-order chi connectivity index (χ0) is 9.68. The van der Waals surface area contributed by atoms with Crippen LogP contribution >= 0.6 is 0 Å². The molecule has 0 heterocycles. The van der Waals surface area contributed by atoms with Crippen LogP contribution in [0.1, 0.15) is 33.6 Å². The van der Waals surface area contributed by atoms with Crippen molar-refractivity contribution in [2.75, 3.05) is 0 Å². The molecule has 0 aliphatic heterocycles. The molecule has 0 aromatic heterocycles. The van der Waals surface area contributed by atoms with Crippen LogP contribution in [0.3, 0.4) is 0 Å².